The molecule has 3 rings (SSSR count). The van der Waals surface area contributed by atoms with Crippen molar-refractivity contribution in [2.45, 2.75) is 64.2 Å². The van der Waals surface area contributed by atoms with Gasteiger partial charge in [-0.05, 0) is 48.8 Å². The quantitative estimate of drug-likeness (QED) is 0.582. The van der Waals surface area contributed by atoms with Crippen LogP contribution in [0.2, 0.25) is 0 Å². The second-order valence-electron chi connectivity index (χ2n) is 7.47. The van der Waals surface area contributed by atoms with Crippen LogP contribution in [0.5, 0.6) is 0 Å². The van der Waals surface area contributed by atoms with Crippen LogP contribution >= 0.6 is 11.8 Å². The number of rotatable bonds is 5. The molecule has 0 atom stereocenters. The fourth-order valence-electron chi connectivity index (χ4n) is 4.57. The summed E-state index contributed by atoms with van der Waals surface area (Å²) in [5.41, 5.74) is 0.805. The van der Waals surface area contributed by atoms with Gasteiger partial charge >= 0.3 is 0 Å². The van der Waals surface area contributed by atoms with Crippen LogP contribution in [0.3, 0.4) is 0 Å². The molecule has 0 N–H and O–H groups in total. The molecule has 1 aromatic carbocycles. The lowest BCUT2D eigenvalue weighted by Gasteiger charge is -2.36. The summed E-state index contributed by atoms with van der Waals surface area (Å²) in [6.07, 6.45) is 16.4. The van der Waals surface area contributed by atoms with Crippen LogP contribution in [-0.4, -0.2) is 5.12 Å². The molecule has 2 saturated carbocycles. The van der Waals surface area contributed by atoms with E-state index in [1.807, 2.05) is 30.3 Å². The Bertz CT molecular complexity index is 506. The first-order valence-corrected chi connectivity index (χ1v) is 10.7. The minimum Gasteiger partial charge on any atom is -0.281 e. The molecule has 2 fully saturated rings. The molecule has 1 nitrogen and oxygen atoms in total. The predicted molar refractivity (Wildman–Crippen MR) is 104 cm³/mol. The highest BCUT2D eigenvalue weighted by atomic mass is 32.2. The zero-order chi connectivity index (χ0) is 16.6. The summed E-state index contributed by atoms with van der Waals surface area (Å²) in [5.74, 6) is 2.40. The molecule has 2 aliphatic carbocycles. The molecule has 130 valence electrons. The molecule has 0 bridgehead atoms. The maximum absolute atomic E-state index is 12.3. The predicted octanol–water partition coefficient (Wildman–Crippen LogP) is 6.85. The van der Waals surface area contributed by atoms with Gasteiger partial charge in [0.25, 0.3) is 0 Å². The van der Waals surface area contributed by atoms with E-state index in [1.165, 1.54) is 76.0 Å². The van der Waals surface area contributed by atoms with Gasteiger partial charge in [-0.3, -0.25) is 4.79 Å². The highest BCUT2D eigenvalue weighted by Crippen LogP contribution is 2.41. The van der Waals surface area contributed by atoms with E-state index in [2.05, 4.69) is 11.5 Å². The van der Waals surface area contributed by atoms with Crippen molar-refractivity contribution in [3.63, 3.8) is 0 Å². The minimum atomic E-state index is 0.165. The van der Waals surface area contributed by atoms with Gasteiger partial charge in [-0.15, -0.1) is 0 Å². The average Bonchev–Trinajstić information content (AvgIpc) is 2.67. The summed E-state index contributed by atoms with van der Waals surface area (Å²) in [6, 6.07) is 9.64. The second-order valence-corrected chi connectivity index (χ2v) is 8.35. The van der Waals surface area contributed by atoms with E-state index in [0.29, 0.717) is 5.92 Å². The summed E-state index contributed by atoms with van der Waals surface area (Å²) in [5, 5.41) is 2.27. The zero-order valence-electron chi connectivity index (χ0n) is 14.7. The van der Waals surface area contributed by atoms with E-state index in [9.17, 15) is 4.79 Å². The van der Waals surface area contributed by atoms with E-state index >= 15 is 0 Å². The topological polar surface area (TPSA) is 17.1 Å². The lowest BCUT2D eigenvalue weighted by Crippen LogP contribution is -2.25. The Morgan fingerprint density at radius 1 is 0.875 bits per heavy atom. The van der Waals surface area contributed by atoms with Crippen LogP contribution in [0.25, 0.3) is 0 Å². The number of hydrogen-bond acceptors (Lipinski definition) is 2. The molecular weight excluding hydrogens is 312 g/mol. The molecule has 0 radical (unpaired) electrons. The first-order chi connectivity index (χ1) is 11.8. The standard InChI is InChI=1S/C22H30OS/c23-22(20-14-8-3-9-15-20)24-17-16-21(18-10-4-1-5-11-18)19-12-6-2-7-13-19/h3,8-9,14-19,21H,1-2,4-7,10-13H2/b17-16+. The summed E-state index contributed by atoms with van der Waals surface area (Å²) in [6.45, 7) is 0. The number of benzene rings is 1. The maximum Gasteiger partial charge on any atom is 0.223 e. The molecular formula is C22H30OS. The highest BCUT2D eigenvalue weighted by molar-refractivity contribution is 8.16. The lowest BCUT2D eigenvalue weighted by atomic mass is 9.70. The largest absolute Gasteiger partial charge is 0.281 e. The fourth-order valence-corrected chi connectivity index (χ4v) is 5.23. The highest BCUT2D eigenvalue weighted by Gasteiger charge is 2.29. The van der Waals surface area contributed by atoms with Crippen LogP contribution in [0.4, 0.5) is 0 Å². The molecule has 0 amide bonds. The number of thioether (sulfide) groups is 1. The summed E-state index contributed by atoms with van der Waals surface area (Å²) in [4.78, 5) is 12.3. The van der Waals surface area contributed by atoms with Gasteiger partial charge in [-0.2, -0.15) is 0 Å². The molecule has 24 heavy (non-hydrogen) atoms. The van der Waals surface area contributed by atoms with Gasteiger partial charge in [-0.25, -0.2) is 0 Å². The number of carbonyl (C=O) groups is 1. The van der Waals surface area contributed by atoms with E-state index in [-0.39, 0.29) is 5.12 Å². The van der Waals surface area contributed by atoms with Crippen LogP contribution in [-0.2, 0) is 0 Å². The molecule has 0 aromatic heterocycles. The summed E-state index contributed by atoms with van der Waals surface area (Å²) < 4.78 is 0. The fraction of sp³-hybridized carbons (Fsp3) is 0.591. The van der Waals surface area contributed by atoms with Gasteiger partial charge < -0.3 is 0 Å². The van der Waals surface area contributed by atoms with E-state index < -0.39 is 0 Å². The van der Waals surface area contributed by atoms with Crippen molar-refractivity contribution in [2.75, 3.05) is 0 Å². The lowest BCUT2D eigenvalue weighted by molar-refractivity contribution is 0.108. The van der Waals surface area contributed by atoms with Crippen molar-refractivity contribution in [1.29, 1.82) is 0 Å². The molecule has 0 unspecified atom stereocenters. The van der Waals surface area contributed by atoms with Gasteiger partial charge in [0.2, 0.25) is 5.12 Å². The third kappa shape index (κ3) is 4.99. The number of carbonyl (C=O) groups excluding carboxylic acids is 1. The third-order valence-corrected chi connectivity index (χ3v) is 6.62. The first-order valence-electron chi connectivity index (χ1n) is 9.77. The van der Waals surface area contributed by atoms with Crippen molar-refractivity contribution < 1.29 is 4.79 Å². The van der Waals surface area contributed by atoms with Gasteiger partial charge in [0.05, 0.1) is 0 Å². The SMILES string of the molecule is O=C(S/C=C/C(C1CCCCC1)C1CCCCC1)c1ccccc1. The molecule has 2 heteroatoms. The van der Waals surface area contributed by atoms with Crippen LogP contribution in [0.1, 0.15) is 74.6 Å². The molecule has 0 saturated heterocycles. The minimum absolute atomic E-state index is 0.165. The van der Waals surface area contributed by atoms with Gasteiger partial charge in [-0.1, -0.05) is 86.7 Å². The Morgan fingerprint density at radius 3 is 1.96 bits per heavy atom. The average molecular weight is 343 g/mol. The Kier molecular flexibility index (Phi) is 7.01. The van der Waals surface area contributed by atoms with Crippen molar-refractivity contribution in [3.8, 4) is 0 Å². The van der Waals surface area contributed by atoms with Crippen molar-refractivity contribution in [1.82, 2.24) is 0 Å². The zero-order valence-corrected chi connectivity index (χ0v) is 15.5. The van der Waals surface area contributed by atoms with Gasteiger partial charge in [0.1, 0.15) is 0 Å². The van der Waals surface area contributed by atoms with Crippen LogP contribution in [0, 0.1) is 17.8 Å². The van der Waals surface area contributed by atoms with Gasteiger partial charge in [0.15, 0.2) is 0 Å². The number of hydrogen-bond donors (Lipinski definition) is 0. The normalized spacial score (nSPS) is 20.7. The molecule has 1 aromatic rings. The second kappa shape index (κ2) is 9.46. The summed E-state index contributed by atoms with van der Waals surface area (Å²) >= 11 is 1.37. The Balaban J connectivity index is 1.62. The summed E-state index contributed by atoms with van der Waals surface area (Å²) in [7, 11) is 0. The Labute approximate surface area is 151 Å². The van der Waals surface area contributed by atoms with E-state index in [0.717, 1.165) is 17.4 Å². The van der Waals surface area contributed by atoms with Crippen molar-refractivity contribution in [2.24, 2.45) is 17.8 Å². The Morgan fingerprint density at radius 2 is 1.42 bits per heavy atom. The molecule has 0 heterocycles. The van der Waals surface area contributed by atoms with E-state index in [4.69, 9.17) is 0 Å². The van der Waals surface area contributed by atoms with Crippen LogP contribution < -0.4 is 0 Å². The monoisotopic (exact) mass is 342 g/mol. The molecule has 2 aliphatic rings. The van der Waals surface area contributed by atoms with E-state index in [1.54, 1.807) is 0 Å². The van der Waals surface area contributed by atoms with Crippen LogP contribution in [0.15, 0.2) is 41.8 Å². The first kappa shape index (κ1) is 17.8. The smallest absolute Gasteiger partial charge is 0.223 e. The molecule has 0 aliphatic heterocycles. The molecule has 0 spiro atoms. The Hall–Kier alpha value is -1.02. The third-order valence-electron chi connectivity index (χ3n) is 5.87. The maximum atomic E-state index is 12.3. The van der Waals surface area contributed by atoms with Crippen molar-refractivity contribution in [3.05, 3.63) is 47.4 Å². The van der Waals surface area contributed by atoms with Crippen molar-refractivity contribution >= 4 is 16.9 Å². The number of allylic oxidation sites excluding steroid dienone is 1. The van der Waals surface area contributed by atoms with Gasteiger partial charge in [0, 0.05) is 5.56 Å².